The Kier molecular flexibility index (Phi) is 4.45. The van der Waals surface area contributed by atoms with E-state index in [1.54, 1.807) is 12.1 Å². The maximum absolute atomic E-state index is 11.9. The van der Waals surface area contributed by atoms with Crippen molar-refractivity contribution >= 4 is 17.6 Å². The smallest absolute Gasteiger partial charge is 0.319 e. The topological polar surface area (TPSA) is 99.7 Å². The molecule has 2 rings (SSSR count). The highest BCUT2D eigenvalue weighted by molar-refractivity contribution is 5.99. The summed E-state index contributed by atoms with van der Waals surface area (Å²) in [6, 6.07) is 5.31. The van der Waals surface area contributed by atoms with Gasteiger partial charge < -0.3 is 21.6 Å². The molecule has 6 heteroatoms. The minimum absolute atomic E-state index is 0.0178. The Labute approximate surface area is 118 Å². The number of carbonyl (C=O) groups excluding carboxylic acids is 1. The summed E-state index contributed by atoms with van der Waals surface area (Å²) in [6.45, 7) is 1.89. The predicted octanol–water partition coefficient (Wildman–Crippen LogP) is 2.15. The molecule has 6 nitrogen and oxygen atoms in total. The molecular formula is C14H20N4O2. The summed E-state index contributed by atoms with van der Waals surface area (Å²) >= 11 is 0. The van der Waals surface area contributed by atoms with Gasteiger partial charge >= 0.3 is 6.03 Å². The minimum atomic E-state index is -0.211. The van der Waals surface area contributed by atoms with Crippen LogP contribution in [0.4, 0.5) is 10.5 Å². The molecule has 0 unspecified atom stereocenters. The van der Waals surface area contributed by atoms with E-state index >= 15 is 0 Å². The van der Waals surface area contributed by atoms with E-state index in [4.69, 9.17) is 10.9 Å². The number of carbonyl (C=O) groups is 1. The highest BCUT2D eigenvalue weighted by Gasteiger charge is 2.17. The molecule has 0 radical (unpaired) electrons. The normalized spacial score (nSPS) is 16.1. The molecule has 1 fully saturated rings. The van der Waals surface area contributed by atoms with Crippen LogP contribution in [-0.4, -0.2) is 23.1 Å². The van der Waals surface area contributed by atoms with Gasteiger partial charge in [0.2, 0.25) is 0 Å². The second-order valence-corrected chi connectivity index (χ2v) is 5.09. The molecule has 0 spiro atoms. The Morgan fingerprint density at radius 2 is 2.10 bits per heavy atom. The molecule has 0 bridgehead atoms. The first-order valence-electron chi connectivity index (χ1n) is 6.76. The zero-order valence-electron chi connectivity index (χ0n) is 11.5. The Bertz CT molecular complexity index is 522. The van der Waals surface area contributed by atoms with Gasteiger partial charge in [-0.2, -0.15) is 0 Å². The molecule has 1 saturated carbocycles. The summed E-state index contributed by atoms with van der Waals surface area (Å²) < 4.78 is 0. The lowest BCUT2D eigenvalue weighted by Crippen LogP contribution is -2.36. The van der Waals surface area contributed by atoms with E-state index in [2.05, 4.69) is 15.8 Å². The van der Waals surface area contributed by atoms with Gasteiger partial charge in [0, 0.05) is 17.3 Å². The largest absolute Gasteiger partial charge is 0.409 e. The zero-order valence-corrected chi connectivity index (χ0v) is 11.5. The number of oxime groups is 1. The first kappa shape index (κ1) is 14.2. The third-order valence-corrected chi connectivity index (χ3v) is 3.58. The summed E-state index contributed by atoms with van der Waals surface area (Å²) in [5.74, 6) is 0.0178. The number of amidine groups is 1. The van der Waals surface area contributed by atoms with Crippen molar-refractivity contribution in [3.8, 4) is 0 Å². The third-order valence-electron chi connectivity index (χ3n) is 3.58. The Balaban J connectivity index is 2.05. The van der Waals surface area contributed by atoms with Crippen molar-refractivity contribution in [2.45, 2.75) is 38.6 Å². The summed E-state index contributed by atoms with van der Waals surface area (Å²) in [5, 5.41) is 17.4. The molecule has 108 valence electrons. The molecule has 5 N–H and O–H groups in total. The van der Waals surface area contributed by atoms with Gasteiger partial charge in [-0.3, -0.25) is 0 Å². The number of nitrogens with two attached hydrogens (primary N) is 1. The number of nitrogens with zero attached hydrogens (tertiary/aromatic N) is 1. The summed E-state index contributed by atoms with van der Waals surface area (Å²) in [5.41, 5.74) is 7.69. The van der Waals surface area contributed by atoms with Crippen LogP contribution in [0.25, 0.3) is 0 Å². The van der Waals surface area contributed by atoms with Crippen LogP contribution >= 0.6 is 0 Å². The highest BCUT2D eigenvalue weighted by Crippen LogP contribution is 2.19. The standard InChI is InChI=1S/C14H20N4O2/c1-9-6-7-10(13(15)18-20)8-12(9)17-14(19)16-11-4-2-3-5-11/h6-8,11,20H,2-5H2,1H3,(H2,15,18)(H2,16,17,19). The SMILES string of the molecule is Cc1ccc(/C(N)=N/O)cc1NC(=O)NC1CCCC1. The van der Waals surface area contributed by atoms with Crippen LogP contribution in [0.15, 0.2) is 23.4 Å². The average Bonchev–Trinajstić information content (AvgIpc) is 2.93. The van der Waals surface area contributed by atoms with Gasteiger partial charge in [0.25, 0.3) is 0 Å². The maximum Gasteiger partial charge on any atom is 0.319 e. The van der Waals surface area contributed by atoms with Crippen LogP contribution in [0, 0.1) is 6.92 Å². The highest BCUT2D eigenvalue weighted by atomic mass is 16.4. The fourth-order valence-corrected chi connectivity index (χ4v) is 2.39. The van der Waals surface area contributed by atoms with Gasteiger partial charge in [-0.15, -0.1) is 0 Å². The van der Waals surface area contributed by atoms with Crippen LogP contribution in [0.3, 0.4) is 0 Å². The van der Waals surface area contributed by atoms with Crippen molar-refractivity contribution in [2.75, 3.05) is 5.32 Å². The fraction of sp³-hybridized carbons (Fsp3) is 0.429. The molecule has 1 aliphatic rings. The molecular weight excluding hydrogens is 256 g/mol. The predicted molar refractivity (Wildman–Crippen MR) is 78.1 cm³/mol. The van der Waals surface area contributed by atoms with E-state index in [1.807, 2.05) is 13.0 Å². The number of amides is 2. The Hall–Kier alpha value is -2.24. The van der Waals surface area contributed by atoms with Crippen molar-refractivity contribution in [1.29, 1.82) is 0 Å². The number of hydrogen-bond acceptors (Lipinski definition) is 3. The lowest BCUT2D eigenvalue weighted by atomic mass is 10.1. The van der Waals surface area contributed by atoms with E-state index in [0.717, 1.165) is 18.4 Å². The lowest BCUT2D eigenvalue weighted by molar-refractivity contribution is 0.248. The van der Waals surface area contributed by atoms with Gasteiger partial charge in [-0.05, 0) is 31.4 Å². The molecule has 20 heavy (non-hydrogen) atoms. The zero-order chi connectivity index (χ0) is 14.5. The molecule has 1 aliphatic carbocycles. The fourth-order valence-electron chi connectivity index (χ4n) is 2.39. The van der Waals surface area contributed by atoms with E-state index in [-0.39, 0.29) is 17.9 Å². The van der Waals surface area contributed by atoms with E-state index in [1.165, 1.54) is 12.8 Å². The first-order chi connectivity index (χ1) is 9.60. The number of benzene rings is 1. The van der Waals surface area contributed by atoms with Gasteiger partial charge in [0.15, 0.2) is 5.84 Å². The monoisotopic (exact) mass is 276 g/mol. The molecule has 0 saturated heterocycles. The van der Waals surface area contributed by atoms with Gasteiger partial charge in [0.1, 0.15) is 0 Å². The number of urea groups is 1. The van der Waals surface area contributed by atoms with Crippen molar-refractivity contribution in [2.24, 2.45) is 10.9 Å². The van der Waals surface area contributed by atoms with Crippen molar-refractivity contribution in [3.05, 3.63) is 29.3 Å². The van der Waals surface area contributed by atoms with Gasteiger partial charge in [0.05, 0.1) is 0 Å². The number of nitrogens with one attached hydrogen (secondary N) is 2. The Morgan fingerprint density at radius 1 is 1.40 bits per heavy atom. The van der Waals surface area contributed by atoms with Crippen LogP contribution < -0.4 is 16.4 Å². The second-order valence-electron chi connectivity index (χ2n) is 5.09. The number of rotatable bonds is 3. The maximum atomic E-state index is 11.9. The number of anilines is 1. The molecule has 0 aromatic heterocycles. The third kappa shape index (κ3) is 3.40. The Morgan fingerprint density at radius 3 is 2.75 bits per heavy atom. The van der Waals surface area contributed by atoms with Crippen LogP contribution in [0.5, 0.6) is 0 Å². The molecule has 1 aromatic rings. The molecule has 0 atom stereocenters. The average molecular weight is 276 g/mol. The van der Waals surface area contributed by atoms with Gasteiger partial charge in [-0.1, -0.05) is 30.1 Å². The molecule has 1 aromatic carbocycles. The van der Waals surface area contributed by atoms with Crippen molar-refractivity contribution < 1.29 is 10.0 Å². The number of aryl methyl sites for hydroxylation is 1. The second kappa shape index (κ2) is 6.27. The van der Waals surface area contributed by atoms with Gasteiger partial charge in [-0.25, -0.2) is 4.79 Å². The quantitative estimate of drug-likeness (QED) is 0.294. The minimum Gasteiger partial charge on any atom is -0.409 e. The van der Waals surface area contributed by atoms with Crippen LogP contribution in [0.2, 0.25) is 0 Å². The van der Waals surface area contributed by atoms with Crippen molar-refractivity contribution in [3.63, 3.8) is 0 Å². The summed E-state index contributed by atoms with van der Waals surface area (Å²) in [4.78, 5) is 11.9. The van der Waals surface area contributed by atoms with Crippen LogP contribution in [0.1, 0.15) is 36.8 Å². The summed E-state index contributed by atoms with van der Waals surface area (Å²) in [6.07, 6.45) is 4.42. The van der Waals surface area contributed by atoms with Crippen molar-refractivity contribution in [1.82, 2.24) is 5.32 Å². The summed E-state index contributed by atoms with van der Waals surface area (Å²) in [7, 11) is 0. The first-order valence-corrected chi connectivity index (χ1v) is 6.76. The van der Waals surface area contributed by atoms with E-state index in [0.29, 0.717) is 11.3 Å². The molecule has 0 heterocycles. The molecule has 2 amide bonds. The van der Waals surface area contributed by atoms with Crippen LogP contribution in [-0.2, 0) is 0 Å². The number of hydrogen-bond donors (Lipinski definition) is 4. The lowest BCUT2D eigenvalue weighted by Gasteiger charge is -2.14. The van der Waals surface area contributed by atoms with E-state index in [9.17, 15) is 4.79 Å². The molecule has 0 aliphatic heterocycles. The van der Waals surface area contributed by atoms with E-state index < -0.39 is 0 Å².